The Hall–Kier alpha value is -2.39. The Balaban J connectivity index is 1.23. The molecule has 0 aliphatic carbocycles. The number of phosphoric acid groups is 1. The smallest absolute Gasteiger partial charge is 0.463 e. The molecular formula is C29H50N5O10P. The number of carbonyl (C=O) groups excluding carboxylic acids is 1. The number of H-pyrrole nitrogens is 1. The summed E-state index contributed by atoms with van der Waals surface area (Å²) >= 11 is 0. The fraction of sp³-hybridized carbons (Fsp3) is 0.793. The Morgan fingerprint density at radius 1 is 1.09 bits per heavy atom. The topological polar surface area (TPSA) is 221 Å². The molecule has 1 unspecified atom stereocenters. The number of esters is 1. The van der Waals surface area contributed by atoms with Crippen LogP contribution in [-0.4, -0.2) is 78.7 Å². The molecule has 5 atom stereocenters. The summed E-state index contributed by atoms with van der Waals surface area (Å²) in [7, 11) is -4.63. The summed E-state index contributed by atoms with van der Waals surface area (Å²) in [5, 5.41) is 20.4. The maximum Gasteiger partial charge on any atom is 0.472 e. The van der Waals surface area contributed by atoms with Crippen molar-refractivity contribution in [1.82, 2.24) is 19.5 Å². The van der Waals surface area contributed by atoms with Crippen molar-refractivity contribution in [3.63, 3.8) is 0 Å². The van der Waals surface area contributed by atoms with Crippen LogP contribution in [-0.2, 0) is 27.9 Å². The summed E-state index contributed by atoms with van der Waals surface area (Å²) in [6, 6.07) is 0. The molecule has 16 heteroatoms. The monoisotopic (exact) mass is 659 g/mol. The number of hydrogen-bond donors (Lipinski definition) is 5. The van der Waals surface area contributed by atoms with Gasteiger partial charge in [0, 0.05) is 12.8 Å². The average molecular weight is 660 g/mol. The number of nitrogen functional groups attached to an aromatic ring is 1. The summed E-state index contributed by atoms with van der Waals surface area (Å²) in [6.45, 7) is 0.733. The number of hydrogen-bond acceptors (Lipinski definition) is 12. The van der Waals surface area contributed by atoms with Crippen molar-refractivity contribution in [3.8, 4) is 0 Å². The number of nitrogens with two attached hydrogens (primary N) is 1. The highest BCUT2D eigenvalue weighted by molar-refractivity contribution is 7.47. The number of unbranched alkanes of at least 4 members (excludes halogenated alkanes) is 12. The molecule has 1 saturated heterocycles. The number of aliphatic hydroxyl groups excluding tert-OH is 2. The molecule has 1 aliphatic heterocycles. The van der Waals surface area contributed by atoms with Crippen molar-refractivity contribution in [3.05, 3.63) is 16.7 Å². The number of aromatic amines is 1. The van der Waals surface area contributed by atoms with Gasteiger partial charge in [-0.25, -0.2) is 9.55 Å². The SMILES string of the molecule is CCCCCCCCCCCCCCCC(=O)OC[C@@H](O)COP(=O)(O)OC[C@H]1O[C@@H](n2cnc3c(=O)[nH]c(N)nc32)C[C@@H]1O. The summed E-state index contributed by atoms with van der Waals surface area (Å²) in [4.78, 5) is 44.4. The zero-order chi connectivity index (χ0) is 32.7. The van der Waals surface area contributed by atoms with Gasteiger partial charge in [-0.15, -0.1) is 0 Å². The molecule has 0 bridgehead atoms. The van der Waals surface area contributed by atoms with Crippen LogP contribution in [0.2, 0.25) is 0 Å². The zero-order valence-electron chi connectivity index (χ0n) is 26.2. The van der Waals surface area contributed by atoms with Crippen molar-refractivity contribution in [1.29, 1.82) is 0 Å². The van der Waals surface area contributed by atoms with E-state index < -0.39 is 57.1 Å². The van der Waals surface area contributed by atoms with Gasteiger partial charge in [0.1, 0.15) is 25.0 Å². The number of anilines is 1. The highest BCUT2D eigenvalue weighted by atomic mass is 31.2. The number of imidazole rings is 1. The average Bonchev–Trinajstić information content (AvgIpc) is 3.59. The Bertz CT molecular complexity index is 1270. The minimum Gasteiger partial charge on any atom is -0.463 e. The quantitative estimate of drug-likeness (QED) is 0.0650. The van der Waals surface area contributed by atoms with Gasteiger partial charge in [-0.3, -0.25) is 28.2 Å². The first-order chi connectivity index (χ1) is 21.6. The third-order valence-corrected chi connectivity index (χ3v) is 8.67. The third kappa shape index (κ3) is 13.1. The number of fused-ring (bicyclic) bond motifs is 1. The van der Waals surface area contributed by atoms with E-state index >= 15 is 0 Å². The van der Waals surface area contributed by atoms with E-state index in [9.17, 15) is 29.3 Å². The van der Waals surface area contributed by atoms with E-state index in [1.165, 1.54) is 68.7 Å². The number of nitrogens with one attached hydrogen (secondary N) is 1. The molecule has 0 radical (unpaired) electrons. The van der Waals surface area contributed by atoms with Crippen LogP contribution in [0.4, 0.5) is 5.95 Å². The Morgan fingerprint density at radius 2 is 1.71 bits per heavy atom. The molecule has 3 rings (SSSR count). The number of aliphatic hydroxyl groups is 2. The van der Waals surface area contributed by atoms with Gasteiger partial charge in [0.05, 0.1) is 25.6 Å². The maximum atomic E-state index is 12.3. The van der Waals surface area contributed by atoms with Crippen LogP contribution >= 0.6 is 7.82 Å². The number of nitrogens with zero attached hydrogens (tertiary/aromatic N) is 3. The molecule has 6 N–H and O–H groups in total. The van der Waals surface area contributed by atoms with Crippen LogP contribution in [0.1, 0.15) is 109 Å². The Labute approximate surface area is 263 Å². The molecule has 1 aliphatic rings. The van der Waals surface area contributed by atoms with Gasteiger partial charge in [0.2, 0.25) is 5.95 Å². The predicted octanol–water partition coefficient (Wildman–Crippen LogP) is 3.87. The van der Waals surface area contributed by atoms with Crippen LogP contribution in [0.3, 0.4) is 0 Å². The number of rotatable bonds is 23. The van der Waals surface area contributed by atoms with Gasteiger partial charge in [-0.2, -0.15) is 4.98 Å². The lowest BCUT2D eigenvalue weighted by Gasteiger charge is -2.19. The summed E-state index contributed by atoms with van der Waals surface area (Å²) in [5.41, 5.74) is 5.28. The molecular weight excluding hydrogens is 609 g/mol. The molecule has 15 nitrogen and oxygen atoms in total. The minimum atomic E-state index is -4.63. The molecule has 0 aromatic carbocycles. The molecule has 45 heavy (non-hydrogen) atoms. The van der Waals surface area contributed by atoms with Crippen molar-refractivity contribution in [2.75, 3.05) is 25.6 Å². The minimum absolute atomic E-state index is 0.0408. The lowest BCUT2D eigenvalue weighted by molar-refractivity contribution is -0.147. The lowest BCUT2D eigenvalue weighted by atomic mass is 10.0. The molecule has 2 aromatic heterocycles. The predicted molar refractivity (Wildman–Crippen MR) is 166 cm³/mol. The van der Waals surface area contributed by atoms with E-state index in [4.69, 9.17) is 24.3 Å². The number of ether oxygens (including phenoxy) is 2. The van der Waals surface area contributed by atoms with Gasteiger partial charge in [-0.1, -0.05) is 84.0 Å². The maximum absolute atomic E-state index is 12.3. The molecule has 1 fully saturated rings. The van der Waals surface area contributed by atoms with Gasteiger partial charge < -0.3 is 30.3 Å². The number of carbonyl (C=O) groups is 1. The van der Waals surface area contributed by atoms with E-state index in [-0.39, 0.29) is 36.6 Å². The molecule has 3 heterocycles. The molecule has 0 saturated carbocycles. The second kappa shape index (κ2) is 19.3. The van der Waals surface area contributed by atoms with Crippen molar-refractivity contribution in [2.45, 2.75) is 128 Å². The van der Waals surface area contributed by atoms with Crippen LogP contribution in [0.5, 0.6) is 0 Å². The summed E-state index contributed by atoms with van der Waals surface area (Å²) in [6.07, 6.45) is 13.1. The highest BCUT2D eigenvalue weighted by Crippen LogP contribution is 2.44. The summed E-state index contributed by atoms with van der Waals surface area (Å²) < 4.78 is 34.3. The van der Waals surface area contributed by atoms with Crippen LogP contribution in [0.15, 0.2) is 11.1 Å². The van der Waals surface area contributed by atoms with Crippen LogP contribution in [0, 0.1) is 0 Å². The first kappa shape index (κ1) is 37.1. The van der Waals surface area contributed by atoms with Crippen LogP contribution < -0.4 is 11.3 Å². The fourth-order valence-corrected chi connectivity index (χ4v) is 5.94. The first-order valence-electron chi connectivity index (χ1n) is 16.1. The van der Waals surface area contributed by atoms with Gasteiger partial charge >= 0.3 is 13.8 Å². The highest BCUT2D eigenvalue weighted by Gasteiger charge is 2.38. The van der Waals surface area contributed by atoms with E-state index in [2.05, 4.69) is 21.9 Å². The lowest BCUT2D eigenvalue weighted by Crippen LogP contribution is -2.27. The molecule has 256 valence electrons. The van der Waals surface area contributed by atoms with E-state index in [0.29, 0.717) is 6.42 Å². The van der Waals surface area contributed by atoms with Crippen molar-refractivity contribution in [2.24, 2.45) is 0 Å². The van der Waals surface area contributed by atoms with E-state index in [0.717, 1.165) is 19.3 Å². The standard InChI is InChI=1S/C29H50N5O10P/c1-2-3-4-5-6-7-8-9-10-11-12-13-14-15-25(37)41-17-21(35)18-42-45(39,40)43-19-23-22(36)16-24(44-23)34-20-31-26-27(34)32-29(30)33-28(26)38/h20-24,35-36H,2-19H2,1H3,(H,39,40)(H3,30,32,33,38)/t21-,22+,23-,24-/m1/s1. The summed E-state index contributed by atoms with van der Waals surface area (Å²) in [5.74, 6) is -0.562. The molecule has 2 aromatic rings. The van der Waals surface area contributed by atoms with E-state index in [1.807, 2.05) is 0 Å². The van der Waals surface area contributed by atoms with Crippen LogP contribution in [0.25, 0.3) is 11.2 Å². The zero-order valence-corrected chi connectivity index (χ0v) is 27.1. The molecule has 0 amide bonds. The van der Waals surface area contributed by atoms with Crippen molar-refractivity contribution >= 4 is 30.9 Å². The number of phosphoric ester groups is 1. The molecule has 0 spiro atoms. The second-order valence-corrected chi connectivity index (χ2v) is 13.1. The number of aromatic nitrogens is 4. The Kier molecular flexibility index (Phi) is 15.9. The normalized spacial score (nSPS) is 20.4. The second-order valence-electron chi connectivity index (χ2n) is 11.6. The van der Waals surface area contributed by atoms with Crippen molar-refractivity contribution < 1.29 is 43.0 Å². The first-order valence-corrected chi connectivity index (χ1v) is 17.6. The van der Waals surface area contributed by atoms with Gasteiger partial charge in [0.15, 0.2) is 11.2 Å². The van der Waals surface area contributed by atoms with E-state index in [1.54, 1.807) is 0 Å². The van der Waals surface area contributed by atoms with Gasteiger partial charge in [-0.05, 0) is 6.42 Å². The largest absolute Gasteiger partial charge is 0.472 e. The van der Waals surface area contributed by atoms with Gasteiger partial charge in [0.25, 0.3) is 5.56 Å². The fourth-order valence-electron chi connectivity index (χ4n) is 5.17. The Morgan fingerprint density at radius 3 is 2.36 bits per heavy atom. The third-order valence-electron chi connectivity index (χ3n) is 7.72.